The predicted molar refractivity (Wildman–Crippen MR) is 89.6 cm³/mol. The molecule has 4 rings (SSSR count). The van der Waals surface area contributed by atoms with Gasteiger partial charge in [-0.2, -0.15) is 0 Å². The lowest BCUT2D eigenvalue weighted by atomic mass is 10.0. The quantitative estimate of drug-likeness (QED) is 0.848. The molecule has 2 atom stereocenters. The first-order valence-electron chi connectivity index (χ1n) is 9.01. The summed E-state index contributed by atoms with van der Waals surface area (Å²) in [5.41, 5.74) is 2.10. The molecule has 1 amide bonds. The average molecular weight is 314 g/mol. The second kappa shape index (κ2) is 6.62. The van der Waals surface area contributed by atoms with Gasteiger partial charge in [0.05, 0.1) is 0 Å². The van der Waals surface area contributed by atoms with Gasteiger partial charge in [0.2, 0.25) is 0 Å². The molecule has 2 N–H and O–H groups in total. The van der Waals surface area contributed by atoms with Crippen molar-refractivity contribution in [2.45, 2.75) is 50.1 Å². The van der Waals surface area contributed by atoms with Crippen molar-refractivity contribution in [1.29, 1.82) is 0 Å². The largest absolute Gasteiger partial charge is 0.381 e. The summed E-state index contributed by atoms with van der Waals surface area (Å²) >= 11 is 0. The Balaban J connectivity index is 1.33. The van der Waals surface area contributed by atoms with E-state index in [1.54, 1.807) is 0 Å². The van der Waals surface area contributed by atoms with Crippen LogP contribution in [0.25, 0.3) is 0 Å². The molecular formula is C19H26N2O2. The molecular weight excluding hydrogens is 288 g/mol. The lowest BCUT2D eigenvalue weighted by Crippen LogP contribution is -2.38. The topological polar surface area (TPSA) is 50.4 Å². The molecule has 124 valence electrons. The first kappa shape index (κ1) is 15.2. The maximum absolute atomic E-state index is 12.4. The number of carbonyl (C=O) groups excluding carboxylic acids is 1. The zero-order valence-corrected chi connectivity index (χ0v) is 13.6. The van der Waals surface area contributed by atoms with Crippen LogP contribution in [0, 0.1) is 5.92 Å². The number of hydrogen-bond donors (Lipinski definition) is 2. The lowest BCUT2D eigenvalue weighted by Gasteiger charge is -2.23. The van der Waals surface area contributed by atoms with Gasteiger partial charge in [0, 0.05) is 36.8 Å². The van der Waals surface area contributed by atoms with Crippen molar-refractivity contribution < 1.29 is 9.53 Å². The van der Waals surface area contributed by atoms with E-state index in [0.717, 1.165) is 37.5 Å². The SMILES string of the molecule is O=C(NC1CCOCC1)c1cccc([C@@H]2C[C@H]2NCC2CC2)c1. The van der Waals surface area contributed by atoms with E-state index in [9.17, 15) is 4.79 Å². The Hall–Kier alpha value is -1.39. The second-order valence-electron chi connectivity index (χ2n) is 7.29. The Morgan fingerprint density at radius 3 is 2.78 bits per heavy atom. The fraction of sp³-hybridized carbons (Fsp3) is 0.632. The van der Waals surface area contributed by atoms with Gasteiger partial charge < -0.3 is 15.4 Å². The van der Waals surface area contributed by atoms with Gasteiger partial charge in [-0.15, -0.1) is 0 Å². The van der Waals surface area contributed by atoms with Gasteiger partial charge in [-0.25, -0.2) is 0 Å². The molecule has 1 aromatic carbocycles. The Morgan fingerprint density at radius 1 is 1.17 bits per heavy atom. The van der Waals surface area contributed by atoms with Crippen LogP contribution in [0.15, 0.2) is 24.3 Å². The number of amides is 1. The summed E-state index contributed by atoms with van der Waals surface area (Å²) in [7, 11) is 0. The lowest BCUT2D eigenvalue weighted by molar-refractivity contribution is 0.0696. The number of nitrogens with one attached hydrogen (secondary N) is 2. The molecule has 1 aliphatic heterocycles. The van der Waals surface area contributed by atoms with Crippen LogP contribution >= 0.6 is 0 Å². The van der Waals surface area contributed by atoms with Gasteiger partial charge in [0.15, 0.2) is 0 Å². The van der Waals surface area contributed by atoms with E-state index in [4.69, 9.17) is 4.74 Å². The first-order chi connectivity index (χ1) is 11.3. The fourth-order valence-electron chi connectivity index (χ4n) is 3.45. The first-order valence-corrected chi connectivity index (χ1v) is 9.01. The van der Waals surface area contributed by atoms with E-state index in [-0.39, 0.29) is 11.9 Å². The van der Waals surface area contributed by atoms with Crippen LogP contribution < -0.4 is 10.6 Å². The summed E-state index contributed by atoms with van der Waals surface area (Å²) in [6.07, 6.45) is 5.83. The third kappa shape index (κ3) is 3.93. The molecule has 1 heterocycles. The summed E-state index contributed by atoms with van der Waals surface area (Å²) in [6, 6.07) is 9.06. The van der Waals surface area contributed by atoms with Crippen LogP contribution in [-0.4, -0.2) is 37.7 Å². The molecule has 4 nitrogen and oxygen atoms in total. The Bertz CT molecular complexity index is 564. The number of rotatable bonds is 6. The minimum atomic E-state index is 0.0573. The van der Waals surface area contributed by atoms with Gasteiger partial charge >= 0.3 is 0 Å². The molecule has 0 spiro atoms. The maximum atomic E-state index is 12.4. The van der Waals surface area contributed by atoms with E-state index >= 15 is 0 Å². The van der Waals surface area contributed by atoms with Crippen LogP contribution in [0.5, 0.6) is 0 Å². The zero-order chi connectivity index (χ0) is 15.6. The molecule has 0 bridgehead atoms. The second-order valence-corrected chi connectivity index (χ2v) is 7.29. The van der Waals surface area contributed by atoms with Gasteiger partial charge in [0.1, 0.15) is 0 Å². The van der Waals surface area contributed by atoms with E-state index < -0.39 is 0 Å². The number of benzene rings is 1. The van der Waals surface area contributed by atoms with Crippen molar-refractivity contribution in [3.05, 3.63) is 35.4 Å². The van der Waals surface area contributed by atoms with Gasteiger partial charge in [-0.3, -0.25) is 4.79 Å². The van der Waals surface area contributed by atoms with Crippen molar-refractivity contribution in [3.63, 3.8) is 0 Å². The highest BCUT2D eigenvalue weighted by Crippen LogP contribution is 2.41. The third-order valence-electron chi connectivity index (χ3n) is 5.29. The molecule has 3 fully saturated rings. The minimum absolute atomic E-state index is 0.0573. The van der Waals surface area contributed by atoms with E-state index in [2.05, 4.69) is 22.8 Å². The summed E-state index contributed by atoms with van der Waals surface area (Å²) in [4.78, 5) is 12.4. The van der Waals surface area contributed by atoms with Crippen LogP contribution in [0.4, 0.5) is 0 Å². The van der Waals surface area contributed by atoms with Crippen LogP contribution in [-0.2, 0) is 4.74 Å². The molecule has 2 saturated carbocycles. The highest BCUT2D eigenvalue weighted by molar-refractivity contribution is 5.94. The minimum Gasteiger partial charge on any atom is -0.381 e. The van der Waals surface area contributed by atoms with Crippen LogP contribution in [0.2, 0.25) is 0 Å². The molecule has 0 aromatic heterocycles. The summed E-state index contributed by atoms with van der Waals surface area (Å²) in [6.45, 7) is 2.67. The average Bonchev–Trinajstić information content (AvgIpc) is 3.48. The van der Waals surface area contributed by atoms with Gasteiger partial charge in [-0.1, -0.05) is 12.1 Å². The molecule has 1 aromatic rings. The smallest absolute Gasteiger partial charge is 0.251 e. The van der Waals surface area contributed by atoms with Crippen molar-refractivity contribution in [2.75, 3.05) is 19.8 Å². The Labute approximate surface area is 138 Å². The molecule has 0 unspecified atom stereocenters. The normalized spacial score (nSPS) is 27.7. The van der Waals surface area contributed by atoms with E-state index in [0.29, 0.717) is 12.0 Å². The van der Waals surface area contributed by atoms with Crippen molar-refractivity contribution in [2.24, 2.45) is 5.92 Å². The van der Waals surface area contributed by atoms with Crippen LogP contribution in [0.3, 0.4) is 0 Å². The maximum Gasteiger partial charge on any atom is 0.251 e. The van der Waals surface area contributed by atoms with Crippen molar-refractivity contribution in [1.82, 2.24) is 10.6 Å². The summed E-state index contributed by atoms with van der Waals surface area (Å²) < 4.78 is 5.34. The van der Waals surface area contributed by atoms with Crippen LogP contribution in [0.1, 0.15) is 53.9 Å². The molecule has 3 aliphatic rings. The zero-order valence-electron chi connectivity index (χ0n) is 13.6. The number of ether oxygens (including phenoxy) is 1. The third-order valence-corrected chi connectivity index (χ3v) is 5.29. The highest BCUT2D eigenvalue weighted by Gasteiger charge is 2.39. The van der Waals surface area contributed by atoms with Gasteiger partial charge in [0.25, 0.3) is 5.91 Å². The number of carbonyl (C=O) groups is 1. The Kier molecular flexibility index (Phi) is 4.36. The predicted octanol–water partition coefficient (Wildman–Crippen LogP) is 2.45. The Morgan fingerprint density at radius 2 is 2.00 bits per heavy atom. The van der Waals surface area contributed by atoms with E-state index in [1.807, 2.05) is 12.1 Å². The monoisotopic (exact) mass is 314 g/mol. The molecule has 0 radical (unpaired) electrons. The van der Waals surface area contributed by atoms with Crippen molar-refractivity contribution >= 4 is 5.91 Å². The molecule has 4 heteroatoms. The molecule has 23 heavy (non-hydrogen) atoms. The van der Waals surface area contributed by atoms with Gasteiger partial charge in [-0.05, 0) is 62.3 Å². The number of hydrogen-bond acceptors (Lipinski definition) is 3. The summed E-state index contributed by atoms with van der Waals surface area (Å²) in [5, 5.41) is 6.81. The molecule has 1 saturated heterocycles. The standard InChI is InChI=1S/C19H26N2O2/c22-19(21-16-6-8-23-9-7-16)15-3-1-2-14(10-15)17-11-18(17)20-12-13-4-5-13/h1-3,10,13,16-18,20H,4-9,11-12H2,(H,21,22)/t17-,18+/m0/s1. The summed E-state index contributed by atoms with van der Waals surface area (Å²) in [5.74, 6) is 1.57. The fourth-order valence-corrected chi connectivity index (χ4v) is 3.45. The van der Waals surface area contributed by atoms with E-state index in [1.165, 1.54) is 31.4 Å². The highest BCUT2D eigenvalue weighted by atomic mass is 16.5. The van der Waals surface area contributed by atoms with Crippen molar-refractivity contribution in [3.8, 4) is 0 Å². The molecule has 2 aliphatic carbocycles.